The molecule has 1 unspecified atom stereocenters. The third-order valence-electron chi connectivity index (χ3n) is 1.99. The van der Waals surface area contributed by atoms with Gasteiger partial charge in [-0.1, -0.05) is 18.5 Å². The first-order valence-electron chi connectivity index (χ1n) is 5.33. The molecular formula is C10H16N2O4. The van der Waals surface area contributed by atoms with Crippen LogP contribution in [0.25, 0.3) is 0 Å². The number of ether oxygens (including phenoxy) is 1. The summed E-state index contributed by atoms with van der Waals surface area (Å²) in [5.74, 6) is -0.443. The Bertz CT molecular complexity index is 331. The first-order chi connectivity index (χ1) is 7.67. The van der Waals surface area contributed by atoms with Gasteiger partial charge in [0, 0.05) is 6.61 Å². The maximum Gasteiger partial charge on any atom is 0.312 e. The maximum atomic E-state index is 10.4. The first kappa shape index (κ1) is 12.6. The molecule has 1 N–H and O–H groups in total. The van der Waals surface area contributed by atoms with Crippen LogP contribution in [0.5, 0.6) is 0 Å². The smallest absolute Gasteiger partial charge is 0.312 e. The third kappa shape index (κ3) is 3.62. The van der Waals surface area contributed by atoms with Gasteiger partial charge in [-0.25, -0.2) is 0 Å². The van der Waals surface area contributed by atoms with E-state index in [1.165, 1.54) is 0 Å². The molecule has 0 aliphatic rings. The van der Waals surface area contributed by atoms with Gasteiger partial charge in [0.2, 0.25) is 11.7 Å². The third-order valence-corrected chi connectivity index (χ3v) is 1.99. The quantitative estimate of drug-likeness (QED) is 0.762. The summed E-state index contributed by atoms with van der Waals surface area (Å²) >= 11 is 0. The molecule has 1 heterocycles. The van der Waals surface area contributed by atoms with Crippen molar-refractivity contribution in [2.45, 2.75) is 39.2 Å². The molecule has 16 heavy (non-hydrogen) atoms. The minimum absolute atomic E-state index is 0.114. The summed E-state index contributed by atoms with van der Waals surface area (Å²) in [7, 11) is 0. The normalized spacial score (nSPS) is 12.6. The molecule has 0 bridgehead atoms. The largest absolute Gasteiger partial charge is 0.481 e. The second-order valence-electron chi connectivity index (χ2n) is 3.35. The Balaban J connectivity index is 2.68. The lowest BCUT2D eigenvalue weighted by Gasteiger charge is -2.10. The van der Waals surface area contributed by atoms with Gasteiger partial charge in [0.25, 0.3) is 0 Å². The lowest BCUT2D eigenvalue weighted by Crippen LogP contribution is -2.06. The molecule has 0 saturated heterocycles. The Hall–Kier alpha value is -1.43. The van der Waals surface area contributed by atoms with Crippen LogP contribution in [-0.4, -0.2) is 27.8 Å². The summed E-state index contributed by atoms with van der Waals surface area (Å²) in [5, 5.41) is 12.3. The van der Waals surface area contributed by atoms with Crippen molar-refractivity contribution in [1.82, 2.24) is 10.1 Å². The number of hydrogen-bond donors (Lipinski definition) is 1. The van der Waals surface area contributed by atoms with Gasteiger partial charge in [0.05, 0.1) is 0 Å². The first-order valence-corrected chi connectivity index (χ1v) is 5.33. The van der Waals surface area contributed by atoms with E-state index >= 15 is 0 Å². The van der Waals surface area contributed by atoms with E-state index in [0.717, 1.165) is 12.8 Å². The highest BCUT2D eigenvalue weighted by Crippen LogP contribution is 2.19. The average molecular weight is 228 g/mol. The molecule has 0 aromatic carbocycles. The SMILES string of the molecule is CCCC(OCC)c1noc(CC(=O)O)n1. The van der Waals surface area contributed by atoms with E-state index in [9.17, 15) is 4.79 Å². The molecule has 0 radical (unpaired) electrons. The highest BCUT2D eigenvalue weighted by Gasteiger charge is 2.18. The fourth-order valence-electron chi connectivity index (χ4n) is 1.35. The Labute approximate surface area is 93.6 Å². The summed E-state index contributed by atoms with van der Waals surface area (Å²) in [5.41, 5.74) is 0. The standard InChI is InChI=1S/C10H16N2O4/c1-3-5-7(15-4-2)10-11-8(16-12-10)6-9(13)14/h7H,3-6H2,1-2H3,(H,13,14). The Morgan fingerprint density at radius 1 is 1.56 bits per heavy atom. The van der Waals surface area contributed by atoms with E-state index in [4.69, 9.17) is 14.4 Å². The number of nitrogens with zero attached hydrogens (tertiary/aromatic N) is 2. The molecule has 0 fully saturated rings. The monoisotopic (exact) mass is 228 g/mol. The van der Waals surface area contributed by atoms with Crippen molar-refractivity contribution in [3.63, 3.8) is 0 Å². The molecule has 0 spiro atoms. The number of aliphatic carboxylic acids is 1. The fraction of sp³-hybridized carbons (Fsp3) is 0.700. The highest BCUT2D eigenvalue weighted by atomic mass is 16.5. The molecule has 0 amide bonds. The van der Waals surface area contributed by atoms with Gasteiger partial charge in [0.1, 0.15) is 12.5 Å². The zero-order valence-electron chi connectivity index (χ0n) is 9.47. The molecule has 1 aromatic rings. The van der Waals surface area contributed by atoms with Crippen LogP contribution in [0.4, 0.5) is 0 Å². The summed E-state index contributed by atoms with van der Waals surface area (Å²) in [6.45, 7) is 4.48. The van der Waals surface area contributed by atoms with E-state index in [-0.39, 0.29) is 18.4 Å². The van der Waals surface area contributed by atoms with Gasteiger partial charge in [-0.15, -0.1) is 0 Å². The minimum atomic E-state index is -0.987. The van der Waals surface area contributed by atoms with Crippen molar-refractivity contribution in [3.05, 3.63) is 11.7 Å². The van der Waals surface area contributed by atoms with Crippen LogP contribution < -0.4 is 0 Å². The van der Waals surface area contributed by atoms with Crippen molar-refractivity contribution in [2.24, 2.45) is 0 Å². The van der Waals surface area contributed by atoms with Crippen LogP contribution in [0.2, 0.25) is 0 Å². The zero-order valence-corrected chi connectivity index (χ0v) is 9.47. The Morgan fingerprint density at radius 3 is 2.88 bits per heavy atom. The molecule has 0 aliphatic carbocycles. The number of aromatic nitrogens is 2. The van der Waals surface area contributed by atoms with E-state index in [0.29, 0.717) is 12.4 Å². The van der Waals surface area contributed by atoms with Crippen LogP contribution in [-0.2, 0) is 16.0 Å². The van der Waals surface area contributed by atoms with Crippen LogP contribution in [0.1, 0.15) is 44.5 Å². The number of hydrogen-bond acceptors (Lipinski definition) is 5. The Morgan fingerprint density at radius 2 is 2.31 bits per heavy atom. The molecule has 1 atom stereocenters. The molecule has 1 aromatic heterocycles. The van der Waals surface area contributed by atoms with Crippen molar-refractivity contribution in [2.75, 3.05) is 6.61 Å². The van der Waals surface area contributed by atoms with Crippen molar-refractivity contribution < 1.29 is 19.2 Å². The average Bonchev–Trinajstić information content (AvgIpc) is 2.65. The maximum absolute atomic E-state index is 10.4. The van der Waals surface area contributed by atoms with E-state index in [2.05, 4.69) is 10.1 Å². The van der Waals surface area contributed by atoms with Crippen molar-refractivity contribution in [3.8, 4) is 0 Å². The summed E-state index contributed by atoms with van der Waals surface area (Å²) in [6.07, 6.45) is 1.27. The van der Waals surface area contributed by atoms with Crippen molar-refractivity contribution >= 4 is 5.97 Å². The van der Waals surface area contributed by atoms with E-state index in [1.54, 1.807) is 0 Å². The highest BCUT2D eigenvalue weighted by molar-refractivity contribution is 5.68. The predicted molar refractivity (Wildman–Crippen MR) is 54.9 cm³/mol. The van der Waals surface area contributed by atoms with Crippen molar-refractivity contribution in [1.29, 1.82) is 0 Å². The predicted octanol–water partition coefficient (Wildman–Crippen LogP) is 1.57. The van der Waals surface area contributed by atoms with Gasteiger partial charge in [-0.2, -0.15) is 4.98 Å². The van der Waals surface area contributed by atoms with Gasteiger partial charge in [-0.3, -0.25) is 4.79 Å². The van der Waals surface area contributed by atoms with Crippen LogP contribution >= 0.6 is 0 Å². The molecule has 90 valence electrons. The van der Waals surface area contributed by atoms with Gasteiger partial charge in [-0.05, 0) is 13.3 Å². The topological polar surface area (TPSA) is 85.5 Å². The second-order valence-corrected chi connectivity index (χ2v) is 3.35. The number of rotatable bonds is 7. The molecular weight excluding hydrogens is 212 g/mol. The molecule has 6 heteroatoms. The van der Waals surface area contributed by atoms with Crippen LogP contribution in [0, 0.1) is 0 Å². The summed E-state index contributed by atoms with van der Waals surface area (Å²) < 4.78 is 10.3. The fourth-order valence-corrected chi connectivity index (χ4v) is 1.35. The Kier molecular flexibility index (Phi) is 4.91. The zero-order chi connectivity index (χ0) is 12.0. The van der Waals surface area contributed by atoms with Gasteiger partial charge >= 0.3 is 5.97 Å². The van der Waals surface area contributed by atoms with E-state index in [1.807, 2.05) is 13.8 Å². The molecule has 0 saturated carbocycles. The number of carbonyl (C=O) groups is 1. The summed E-state index contributed by atoms with van der Waals surface area (Å²) in [4.78, 5) is 14.4. The van der Waals surface area contributed by atoms with Gasteiger partial charge in [0.15, 0.2) is 0 Å². The van der Waals surface area contributed by atoms with Gasteiger partial charge < -0.3 is 14.4 Å². The lowest BCUT2D eigenvalue weighted by molar-refractivity contribution is -0.136. The lowest BCUT2D eigenvalue weighted by atomic mass is 10.2. The number of carboxylic acid groups (broad SMARTS) is 1. The van der Waals surface area contributed by atoms with E-state index < -0.39 is 5.97 Å². The molecule has 1 rings (SSSR count). The van der Waals surface area contributed by atoms with Crippen LogP contribution in [0.3, 0.4) is 0 Å². The minimum Gasteiger partial charge on any atom is -0.481 e. The molecule has 6 nitrogen and oxygen atoms in total. The van der Waals surface area contributed by atoms with Crippen LogP contribution in [0.15, 0.2) is 4.52 Å². The molecule has 0 aliphatic heterocycles. The number of carboxylic acids is 1. The second kappa shape index (κ2) is 6.22. The summed E-state index contributed by atoms with van der Waals surface area (Å²) in [6, 6.07) is 0.